The maximum Gasteiger partial charge on any atom is 0.162 e. The molecule has 0 bridgehead atoms. The molecule has 3 rings (SSSR count). The number of aromatic nitrogens is 2. The molecule has 0 radical (unpaired) electrons. The second-order valence-corrected chi connectivity index (χ2v) is 5.45. The van der Waals surface area contributed by atoms with Crippen LogP contribution in [0.4, 0.5) is 0 Å². The maximum atomic E-state index is 11.8. The van der Waals surface area contributed by atoms with Crippen molar-refractivity contribution in [3.05, 3.63) is 29.3 Å². The first-order valence-electron chi connectivity index (χ1n) is 5.94. The molecule has 90 valence electrons. The number of ketones is 1. The van der Waals surface area contributed by atoms with Crippen molar-refractivity contribution >= 4 is 5.78 Å². The third-order valence-corrected chi connectivity index (χ3v) is 4.32. The Bertz CT molecular complexity index is 530. The third-order valence-electron chi connectivity index (χ3n) is 4.32. The molecule has 0 aliphatic heterocycles. The van der Waals surface area contributed by atoms with E-state index >= 15 is 0 Å². The van der Waals surface area contributed by atoms with Gasteiger partial charge in [-0.15, -0.1) is 0 Å². The molecule has 0 saturated heterocycles. The number of allylic oxidation sites excluding steroid dienone is 1. The number of carbonyl (C=O) groups excluding carboxylic acids is 1. The zero-order chi connectivity index (χ0) is 12.2. The van der Waals surface area contributed by atoms with Gasteiger partial charge in [-0.3, -0.25) is 9.48 Å². The normalized spacial score (nSPS) is 33.9. The van der Waals surface area contributed by atoms with E-state index in [4.69, 9.17) is 5.11 Å². The van der Waals surface area contributed by atoms with E-state index in [9.17, 15) is 4.79 Å². The Kier molecular flexibility index (Phi) is 2.00. The summed E-state index contributed by atoms with van der Waals surface area (Å²) in [6.07, 6.45) is 5.10. The molecular weight excluding hydrogens is 216 g/mol. The van der Waals surface area contributed by atoms with Crippen LogP contribution in [-0.4, -0.2) is 20.7 Å². The molecule has 0 amide bonds. The zero-order valence-electron chi connectivity index (χ0n) is 10.1. The maximum absolute atomic E-state index is 11.8. The molecule has 2 aliphatic carbocycles. The summed E-state index contributed by atoms with van der Waals surface area (Å²) in [5, 5.41) is 13.7. The van der Waals surface area contributed by atoms with Gasteiger partial charge in [0.1, 0.15) is 0 Å². The van der Waals surface area contributed by atoms with E-state index in [0.717, 1.165) is 18.4 Å². The number of hydrogen-bond donors (Lipinski definition) is 1. The number of hydrogen-bond acceptors (Lipinski definition) is 3. The van der Waals surface area contributed by atoms with Crippen LogP contribution >= 0.6 is 0 Å². The molecule has 1 fully saturated rings. The lowest BCUT2D eigenvalue weighted by atomic mass is 9.67. The topological polar surface area (TPSA) is 55.1 Å². The standard InChI is InChI=1S/C13H16N2O2/c1-13-5-9(7-16)11(17)4-10(13)3-8-6-15(2)14-12(8)13/h6-7,10,16H,3-5H2,1-2H3/b9-7-. The number of rotatable bonds is 0. The van der Waals surface area contributed by atoms with Gasteiger partial charge in [0.25, 0.3) is 0 Å². The SMILES string of the molecule is Cn1cc2c(n1)C1(C)C/C(=C/O)C(=O)CC1C2. The summed E-state index contributed by atoms with van der Waals surface area (Å²) in [7, 11) is 1.92. The molecule has 1 N–H and O–H groups in total. The lowest BCUT2D eigenvalue weighted by Crippen LogP contribution is -2.37. The summed E-state index contributed by atoms with van der Waals surface area (Å²) in [6.45, 7) is 2.16. The van der Waals surface area contributed by atoms with Crippen LogP contribution in [0.2, 0.25) is 0 Å². The highest BCUT2D eigenvalue weighted by Crippen LogP contribution is 2.50. The number of aliphatic hydroxyl groups excluding tert-OH is 1. The predicted molar refractivity (Wildman–Crippen MR) is 62.7 cm³/mol. The van der Waals surface area contributed by atoms with Crippen molar-refractivity contribution in [1.29, 1.82) is 0 Å². The van der Waals surface area contributed by atoms with Crippen LogP contribution in [0, 0.1) is 5.92 Å². The summed E-state index contributed by atoms with van der Waals surface area (Å²) >= 11 is 0. The lowest BCUT2D eigenvalue weighted by molar-refractivity contribution is -0.118. The molecule has 0 spiro atoms. The Morgan fingerprint density at radius 2 is 2.35 bits per heavy atom. The molecule has 4 nitrogen and oxygen atoms in total. The largest absolute Gasteiger partial charge is 0.515 e. The second-order valence-electron chi connectivity index (χ2n) is 5.45. The monoisotopic (exact) mass is 232 g/mol. The van der Waals surface area contributed by atoms with Gasteiger partial charge in [-0.25, -0.2) is 0 Å². The highest BCUT2D eigenvalue weighted by molar-refractivity contribution is 5.96. The Labute approximate surface area is 99.9 Å². The van der Waals surface area contributed by atoms with E-state index < -0.39 is 0 Å². The van der Waals surface area contributed by atoms with E-state index in [-0.39, 0.29) is 11.2 Å². The van der Waals surface area contributed by atoms with E-state index in [1.54, 1.807) is 0 Å². The third kappa shape index (κ3) is 1.30. The average molecular weight is 232 g/mol. The van der Waals surface area contributed by atoms with Gasteiger partial charge >= 0.3 is 0 Å². The average Bonchev–Trinajstić information content (AvgIpc) is 2.74. The van der Waals surface area contributed by atoms with Crippen molar-refractivity contribution in [2.45, 2.75) is 31.6 Å². The number of aliphatic hydroxyl groups is 1. The van der Waals surface area contributed by atoms with Gasteiger partial charge in [0.05, 0.1) is 12.0 Å². The first-order valence-corrected chi connectivity index (χ1v) is 5.94. The summed E-state index contributed by atoms with van der Waals surface area (Å²) in [6, 6.07) is 0. The predicted octanol–water partition coefficient (Wildman–Crippen LogP) is 1.65. The van der Waals surface area contributed by atoms with Gasteiger partial charge in [-0.05, 0) is 24.3 Å². The van der Waals surface area contributed by atoms with Crippen LogP contribution in [-0.2, 0) is 23.7 Å². The molecule has 2 unspecified atom stereocenters. The number of nitrogens with zero attached hydrogens (tertiary/aromatic N) is 2. The smallest absolute Gasteiger partial charge is 0.162 e. The minimum Gasteiger partial charge on any atom is -0.515 e. The molecule has 0 aromatic carbocycles. The molecule has 1 saturated carbocycles. The Balaban J connectivity index is 2.07. The summed E-state index contributed by atoms with van der Waals surface area (Å²) in [5.74, 6) is 0.432. The first kappa shape index (κ1) is 10.6. The Morgan fingerprint density at radius 1 is 1.59 bits per heavy atom. The van der Waals surface area contributed by atoms with Crippen molar-refractivity contribution in [3.63, 3.8) is 0 Å². The number of carbonyl (C=O) groups is 1. The molecular formula is C13H16N2O2. The zero-order valence-corrected chi connectivity index (χ0v) is 10.1. The molecule has 2 aliphatic rings. The number of fused-ring (bicyclic) bond motifs is 3. The van der Waals surface area contributed by atoms with Crippen molar-refractivity contribution in [1.82, 2.24) is 9.78 Å². The van der Waals surface area contributed by atoms with E-state index in [1.807, 2.05) is 17.9 Å². The van der Waals surface area contributed by atoms with E-state index in [2.05, 4.69) is 12.0 Å². The fourth-order valence-electron chi connectivity index (χ4n) is 3.34. The molecule has 17 heavy (non-hydrogen) atoms. The Morgan fingerprint density at radius 3 is 3.06 bits per heavy atom. The van der Waals surface area contributed by atoms with Gasteiger partial charge in [-0.1, -0.05) is 6.92 Å². The minimum absolute atomic E-state index is 0.0843. The number of Topliss-reactive ketones (excluding diaryl/α,β-unsaturated/α-hetero) is 1. The second kappa shape index (κ2) is 3.22. The van der Waals surface area contributed by atoms with Crippen LogP contribution < -0.4 is 0 Å². The molecule has 4 heteroatoms. The minimum atomic E-state index is -0.0843. The summed E-state index contributed by atoms with van der Waals surface area (Å²) in [5.41, 5.74) is 2.82. The van der Waals surface area contributed by atoms with Gasteiger partial charge in [-0.2, -0.15) is 5.10 Å². The van der Waals surface area contributed by atoms with Gasteiger partial charge in [0.15, 0.2) is 5.78 Å². The number of aryl methyl sites for hydroxylation is 1. The summed E-state index contributed by atoms with van der Waals surface area (Å²) < 4.78 is 1.84. The Hall–Kier alpha value is -1.58. The molecule has 1 heterocycles. The van der Waals surface area contributed by atoms with Crippen molar-refractivity contribution in [2.75, 3.05) is 0 Å². The molecule has 1 aromatic rings. The first-order chi connectivity index (χ1) is 8.04. The van der Waals surface area contributed by atoms with Crippen LogP contribution in [0.5, 0.6) is 0 Å². The summed E-state index contributed by atoms with van der Waals surface area (Å²) in [4.78, 5) is 11.8. The van der Waals surface area contributed by atoms with Gasteiger partial charge in [0, 0.05) is 30.7 Å². The lowest BCUT2D eigenvalue weighted by Gasteiger charge is -2.36. The van der Waals surface area contributed by atoms with E-state index in [0.29, 0.717) is 24.3 Å². The fourth-order valence-corrected chi connectivity index (χ4v) is 3.34. The highest BCUT2D eigenvalue weighted by atomic mass is 16.2. The van der Waals surface area contributed by atoms with Gasteiger partial charge < -0.3 is 5.11 Å². The highest BCUT2D eigenvalue weighted by Gasteiger charge is 2.50. The van der Waals surface area contributed by atoms with Crippen molar-refractivity contribution in [2.24, 2.45) is 13.0 Å². The van der Waals surface area contributed by atoms with E-state index in [1.165, 1.54) is 5.56 Å². The van der Waals surface area contributed by atoms with Crippen LogP contribution in [0.25, 0.3) is 0 Å². The van der Waals surface area contributed by atoms with Crippen LogP contribution in [0.3, 0.4) is 0 Å². The molecule has 1 aromatic heterocycles. The quantitative estimate of drug-likeness (QED) is 0.546. The van der Waals surface area contributed by atoms with Crippen LogP contribution in [0.15, 0.2) is 18.0 Å². The fraction of sp³-hybridized carbons (Fsp3) is 0.538. The molecule has 2 atom stereocenters. The van der Waals surface area contributed by atoms with Crippen LogP contribution in [0.1, 0.15) is 31.0 Å². The van der Waals surface area contributed by atoms with Crippen molar-refractivity contribution in [3.8, 4) is 0 Å². The van der Waals surface area contributed by atoms with Crippen molar-refractivity contribution < 1.29 is 9.90 Å². The van der Waals surface area contributed by atoms with Gasteiger partial charge in [0.2, 0.25) is 0 Å².